The minimum atomic E-state index is -0.490. The first kappa shape index (κ1) is 32.5. The number of nitrogens with one attached hydrogen (secondary N) is 4. The fourth-order valence-electron chi connectivity index (χ4n) is 5.81. The van der Waals surface area contributed by atoms with Crippen LogP contribution in [0.15, 0.2) is 44.1 Å². The molecule has 3 aliphatic rings. The van der Waals surface area contributed by atoms with Gasteiger partial charge in [-0.3, -0.25) is 20.0 Å². The number of aromatic nitrogens is 10. The summed E-state index contributed by atoms with van der Waals surface area (Å²) in [6.45, 7) is 7.09. The molecule has 264 valence electrons. The molecule has 7 heterocycles. The zero-order valence-corrected chi connectivity index (χ0v) is 28.3. The fraction of sp³-hybridized carbons (Fsp3) is 0.375. The van der Waals surface area contributed by atoms with Crippen LogP contribution in [-0.4, -0.2) is 109 Å². The minimum absolute atomic E-state index is 0.205. The molecule has 0 unspecified atom stereocenters. The Balaban J connectivity index is 0.000000152. The van der Waals surface area contributed by atoms with Crippen molar-refractivity contribution in [2.75, 3.05) is 37.6 Å². The van der Waals surface area contributed by atoms with Crippen LogP contribution >= 0.6 is 11.6 Å². The van der Waals surface area contributed by atoms with Gasteiger partial charge in [0.05, 0.1) is 24.5 Å². The van der Waals surface area contributed by atoms with Gasteiger partial charge in [0.1, 0.15) is 22.4 Å². The first-order valence-electron chi connectivity index (χ1n) is 16.7. The summed E-state index contributed by atoms with van der Waals surface area (Å²) in [5.41, 5.74) is 2.19. The van der Waals surface area contributed by atoms with Crippen molar-refractivity contribution in [3.05, 3.63) is 83.4 Å². The predicted molar refractivity (Wildman–Crippen MR) is 186 cm³/mol. The second kappa shape index (κ2) is 13.2. The number of rotatable bonds is 6. The lowest BCUT2D eigenvalue weighted by Gasteiger charge is -2.34. The number of anilines is 1. The average Bonchev–Trinajstić information content (AvgIpc) is 3.97. The first-order valence-corrected chi connectivity index (χ1v) is 17.1. The third kappa shape index (κ3) is 7.00. The number of nitrogens with zero attached hydrogens (tertiary/aromatic N) is 10. The molecule has 51 heavy (non-hydrogen) atoms. The van der Waals surface area contributed by atoms with Crippen LogP contribution in [-0.2, 0) is 0 Å². The SMILES string of the molecule is CCN1CCN(c2cc(=NC3CC3)n3ncc(=Cc4[nH]c(=O)[nH]c4O)c3n2)CC1.O=c1[nH]c(O)c(C=c2cnn3c(=NC4CC4)cc(Cl)nc23)[nH]1. The summed E-state index contributed by atoms with van der Waals surface area (Å²) in [6, 6.07) is 4.36. The molecule has 2 saturated carbocycles. The third-order valence-electron chi connectivity index (χ3n) is 8.85. The predicted octanol–water partition coefficient (Wildman–Crippen LogP) is -1.08. The van der Waals surface area contributed by atoms with Gasteiger partial charge >= 0.3 is 11.4 Å². The van der Waals surface area contributed by atoms with Crippen molar-refractivity contribution >= 4 is 40.9 Å². The molecule has 6 N–H and O–H groups in total. The van der Waals surface area contributed by atoms with Crippen molar-refractivity contribution in [1.29, 1.82) is 0 Å². The van der Waals surface area contributed by atoms with E-state index in [2.05, 4.69) is 56.8 Å². The van der Waals surface area contributed by atoms with Crippen LogP contribution in [0.5, 0.6) is 11.8 Å². The number of hydrogen-bond donors (Lipinski definition) is 6. The number of halogens is 1. The summed E-state index contributed by atoms with van der Waals surface area (Å²) >= 11 is 6.06. The van der Waals surface area contributed by atoms with Gasteiger partial charge in [0, 0.05) is 48.7 Å². The van der Waals surface area contributed by atoms with Gasteiger partial charge in [0.15, 0.2) is 22.3 Å². The number of piperazine rings is 1. The second-order valence-corrected chi connectivity index (χ2v) is 13.1. The van der Waals surface area contributed by atoms with Gasteiger partial charge < -0.3 is 30.0 Å². The Kier molecular flexibility index (Phi) is 8.39. The van der Waals surface area contributed by atoms with Gasteiger partial charge in [-0.1, -0.05) is 18.5 Å². The summed E-state index contributed by atoms with van der Waals surface area (Å²) in [5, 5.41) is 29.9. The van der Waals surface area contributed by atoms with Crippen LogP contribution < -0.4 is 37.7 Å². The van der Waals surface area contributed by atoms with Crippen molar-refractivity contribution in [1.82, 2.24) is 54.0 Å². The van der Waals surface area contributed by atoms with Crippen LogP contribution in [0.2, 0.25) is 5.15 Å². The monoisotopic (exact) mass is 714 g/mol. The Morgan fingerprint density at radius 2 is 1.29 bits per heavy atom. The van der Waals surface area contributed by atoms with E-state index in [9.17, 15) is 19.8 Å². The molecule has 0 atom stereocenters. The van der Waals surface area contributed by atoms with Gasteiger partial charge in [-0.05, 0) is 44.4 Å². The molecule has 3 fully saturated rings. The molecule has 0 spiro atoms. The summed E-state index contributed by atoms with van der Waals surface area (Å²) < 4.78 is 3.33. The molecule has 0 radical (unpaired) electrons. The molecule has 19 heteroatoms. The quantitative estimate of drug-likeness (QED) is 0.114. The molecule has 9 rings (SSSR count). The summed E-state index contributed by atoms with van der Waals surface area (Å²) in [6.07, 6.45) is 10.8. The summed E-state index contributed by atoms with van der Waals surface area (Å²) in [4.78, 5) is 55.4. The standard InChI is InChI=1S/C19H24N8O2.C13H11ClN6O2/c1-2-25-5-7-26(8-6-25)15-10-16(21-13-3-4-13)27-17(23-15)12(11-20-27)9-14-18(28)24-19(29)22-14;14-9-4-10(16-7-1-2-7)20-11(18-9)6(5-15-20)3-8-12(21)19-13(22)17-8/h9-11,13,28H,2-8H2,1H3,(H2,22,24,29);3-5,7,21H,1-2H2,(H2,17,19,22). The molecule has 2 aliphatic carbocycles. The minimum Gasteiger partial charge on any atom is -0.493 e. The van der Waals surface area contributed by atoms with Gasteiger partial charge in [-0.2, -0.15) is 19.2 Å². The molecule has 6 aromatic heterocycles. The number of H-pyrrole nitrogens is 4. The Bertz CT molecular complexity index is 2620. The Labute approximate surface area is 292 Å². The van der Waals surface area contributed by atoms with E-state index in [0.29, 0.717) is 50.2 Å². The molecule has 1 aliphatic heterocycles. The molecular formula is C32H35ClN14O4. The van der Waals surface area contributed by atoms with E-state index >= 15 is 0 Å². The lowest BCUT2D eigenvalue weighted by Crippen LogP contribution is -2.46. The van der Waals surface area contributed by atoms with Crippen molar-refractivity contribution in [2.24, 2.45) is 9.98 Å². The van der Waals surface area contributed by atoms with Crippen LogP contribution in [0, 0.1) is 0 Å². The topological polar surface area (TPSA) is 229 Å². The highest BCUT2D eigenvalue weighted by Crippen LogP contribution is 2.23. The fourth-order valence-corrected chi connectivity index (χ4v) is 5.98. The largest absolute Gasteiger partial charge is 0.493 e. The highest BCUT2D eigenvalue weighted by molar-refractivity contribution is 6.29. The van der Waals surface area contributed by atoms with Gasteiger partial charge in [0.25, 0.3) is 0 Å². The van der Waals surface area contributed by atoms with E-state index in [1.807, 2.05) is 6.07 Å². The number of hydrogen-bond acceptors (Lipinski definition) is 12. The van der Waals surface area contributed by atoms with Crippen molar-refractivity contribution < 1.29 is 10.2 Å². The lowest BCUT2D eigenvalue weighted by atomic mass is 10.3. The van der Waals surface area contributed by atoms with Crippen molar-refractivity contribution in [3.63, 3.8) is 0 Å². The Morgan fingerprint density at radius 1 is 0.784 bits per heavy atom. The van der Waals surface area contributed by atoms with E-state index < -0.39 is 11.4 Å². The van der Waals surface area contributed by atoms with Crippen LogP contribution in [0.25, 0.3) is 23.4 Å². The van der Waals surface area contributed by atoms with E-state index in [1.165, 1.54) is 0 Å². The first-order chi connectivity index (χ1) is 24.7. The van der Waals surface area contributed by atoms with Gasteiger partial charge in [-0.15, -0.1) is 0 Å². The normalized spacial score (nSPS) is 18.4. The second-order valence-electron chi connectivity index (χ2n) is 12.7. The summed E-state index contributed by atoms with van der Waals surface area (Å²) in [7, 11) is 0. The molecule has 18 nitrogen and oxygen atoms in total. The number of likely N-dealkylation sites (N-methyl/N-ethyl adjacent to an activating group) is 1. The zero-order chi connectivity index (χ0) is 35.2. The van der Waals surface area contributed by atoms with Crippen molar-refractivity contribution in [3.8, 4) is 11.8 Å². The molecular weight excluding hydrogens is 680 g/mol. The van der Waals surface area contributed by atoms with E-state index in [0.717, 1.165) is 69.7 Å². The average molecular weight is 715 g/mol. The van der Waals surface area contributed by atoms with Crippen LogP contribution in [0.1, 0.15) is 44.0 Å². The molecule has 0 amide bonds. The number of imidazole rings is 2. The van der Waals surface area contributed by atoms with Gasteiger partial charge in [-0.25, -0.2) is 19.6 Å². The maximum absolute atomic E-state index is 11.4. The maximum atomic E-state index is 11.4. The summed E-state index contributed by atoms with van der Waals surface area (Å²) in [5.74, 6) is 0.438. The number of fused-ring (bicyclic) bond motifs is 2. The lowest BCUT2D eigenvalue weighted by molar-refractivity contribution is 0.270. The van der Waals surface area contributed by atoms with Crippen LogP contribution in [0.3, 0.4) is 0 Å². The number of aromatic hydroxyl groups is 2. The molecule has 0 bridgehead atoms. The highest BCUT2D eigenvalue weighted by Gasteiger charge is 2.22. The van der Waals surface area contributed by atoms with Crippen molar-refractivity contribution in [2.45, 2.75) is 44.7 Å². The van der Waals surface area contributed by atoms with Crippen LogP contribution in [0.4, 0.5) is 5.82 Å². The highest BCUT2D eigenvalue weighted by atomic mass is 35.5. The molecule has 1 saturated heterocycles. The third-order valence-corrected chi connectivity index (χ3v) is 9.05. The zero-order valence-electron chi connectivity index (χ0n) is 27.5. The van der Waals surface area contributed by atoms with Gasteiger partial charge in [0.2, 0.25) is 11.8 Å². The van der Waals surface area contributed by atoms with E-state index in [4.69, 9.17) is 21.6 Å². The number of aromatic amines is 4. The smallest absolute Gasteiger partial charge is 0.326 e. The Hall–Kier alpha value is -5.75. The van der Waals surface area contributed by atoms with E-state index in [1.54, 1.807) is 39.6 Å². The molecule has 6 aromatic rings. The van der Waals surface area contributed by atoms with E-state index in [-0.39, 0.29) is 17.5 Å². The molecule has 0 aromatic carbocycles. The maximum Gasteiger partial charge on any atom is 0.326 e. The Morgan fingerprint density at radius 3 is 1.76 bits per heavy atom.